The number of hydrogen-bond acceptors (Lipinski definition) is 5. The first kappa shape index (κ1) is 23.4. The number of aromatic nitrogens is 2. The first-order chi connectivity index (χ1) is 15.9. The van der Waals surface area contributed by atoms with Crippen LogP contribution in [0.25, 0.3) is 11.0 Å². The number of amides is 1. The van der Waals surface area contributed by atoms with Crippen LogP contribution in [0.5, 0.6) is 0 Å². The number of nitrogens with one attached hydrogen (secondary N) is 1. The molecule has 8 nitrogen and oxygen atoms in total. The second-order valence-electron chi connectivity index (χ2n) is 8.04. The van der Waals surface area contributed by atoms with Gasteiger partial charge in [0.05, 0.1) is 29.1 Å². The standard InChI is InChI=1S/C24H30N4O4S/c1-3-18-6-5-7-19(16-18)25-24(29)11-10-23-26-21-17-20(8-9-22(21)28(23)4-2)33(30,31)27-12-14-32-15-13-27/h5-9,16-17H,3-4,10-15H2,1-2H3,(H,25,29). The fraction of sp³-hybridized carbons (Fsp3) is 0.417. The number of nitrogens with zero attached hydrogens (tertiary/aromatic N) is 3. The van der Waals surface area contributed by atoms with Crippen molar-refractivity contribution in [3.8, 4) is 0 Å². The van der Waals surface area contributed by atoms with Gasteiger partial charge in [-0.15, -0.1) is 0 Å². The Bertz CT molecular complexity index is 1250. The lowest BCUT2D eigenvalue weighted by atomic mass is 10.1. The summed E-state index contributed by atoms with van der Waals surface area (Å²) in [7, 11) is -3.59. The SMILES string of the molecule is CCc1cccc(NC(=O)CCc2nc3cc(S(=O)(=O)N4CCOCC4)ccc3n2CC)c1. The van der Waals surface area contributed by atoms with Crippen molar-refractivity contribution in [1.82, 2.24) is 13.9 Å². The number of anilines is 1. The van der Waals surface area contributed by atoms with Crippen molar-refractivity contribution in [2.45, 2.75) is 44.6 Å². The fourth-order valence-electron chi connectivity index (χ4n) is 4.12. The average molecular weight is 471 g/mol. The zero-order chi connectivity index (χ0) is 23.4. The third kappa shape index (κ3) is 5.10. The molecule has 0 spiro atoms. The number of sulfonamides is 1. The van der Waals surface area contributed by atoms with Crippen molar-refractivity contribution in [3.63, 3.8) is 0 Å². The summed E-state index contributed by atoms with van der Waals surface area (Å²) in [4.78, 5) is 17.4. The van der Waals surface area contributed by atoms with Crippen LogP contribution in [-0.4, -0.2) is 54.5 Å². The van der Waals surface area contributed by atoms with Gasteiger partial charge in [-0.05, 0) is 49.2 Å². The zero-order valence-electron chi connectivity index (χ0n) is 19.1. The van der Waals surface area contributed by atoms with E-state index in [-0.39, 0.29) is 10.8 Å². The van der Waals surface area contributed by atoms with Crippen molar-refractivity contribution in [2.75, 3.05) is 31.6 Å². The number of carbonyl (C=O) groups excluding carboxylic acids is 1. The molecule has 176 valence electrons. The molecule has 9 heteroatoms. The van der Waals surface area contributed by atoms with Gasteiger partial charge in [0.25, 0.3) is 0 Å². The lowest BCUT2D eigenvalue weighted by molar-refractivity contribution is -0.116. The van der Waals surface area contributed by atoms with Crippen molar-refractivity contribution in [1.29, 1.82) is 0 Å². The number of benzene rings is 2. The number of ether oxygens (including phenoxy) is 1. The lowest BCUT2D eigenvalue weighted by Crippen LogP contribution is -2.40. The van der Waals surface area contributed by atoms with Gasteiger partial charge < -0.3 is 14.6 Å². The number of rotatable bonds is 8. The molecule has 0 atom stereocenters. The minimum absolute atomic E-state index is 0.0754. The summed E-state index contributed by atoms with van der Waals surface area (Å²) in [5, 5.41) is 2.95. The van der Waals surface area contributed by atoms with Gasteiger partial charge in [-0.2, -0.15) is 4.31 Å². The molecule has 2 heterocycles. The number of imidazole rings is 1. The summed E-state index contributed by atoms with van der Waals surface area (Å²) in [6.07, 6.45) is 1.67. The van der Waals surface area contributed by atoms with Crippen LogP contribution in [0, 0.1) is 0 Å². The van der Waals surface area contributed by atoms with Crippen LogP contribution in [0.3, 0.4) is 0 Å². The normalized spacial score (nSPS) is 15.1. The van der Waals surface area contributed by atoms with Crippen LogP contribution in [0.15, 0.2) is 47.4 Å². The van der Waals surface area contributed by atoms with Crippen molar-refractivity contribution < 1.29 is 17.9 Å². The van der Waals surface area contributed by atoms with Crippen LogP contribution in [0.1, 0.15) is 31.7 Å². The van der Waals surface area contributed by atoms with Crippen LogP contribution < -0.4 is 5.32 Å². The van der Waals surface area contributed by atoms with Crippen molar-refractivity contribution >= 4 is 32.7 Å². The smallest absolute Gasteiger partial charge is 0.243 e. The highest BCUT2D eigenvalue weighted by atomic mass is 32.2. The Morgan fingerprint density at radius 3 is 2.64 bits per heavy atom. The Kier molecular flexibility index (Phi) is 7.11. The summed E-state index contributed by atoms with van der Waals surface area (Å²) in [6, 6.07) is 12.9. The number of morpholine rings is 1. The maximum atomic E-state index is 13.0. The predicted molar refractivity (Wildman–Crippen MR) is 128 cm³/mol. The molecule has 0 aliphatic carbocycles. The van der Waals surface area contributed by atoms with Gasteiger partial charge in [0.2, 0.25) is 15.9 Å². The summed E-state index contributed by atoms with van der Waals surface area (Å²) in [5.74, 6) is 0.694. The van der Waals surface area contributed by atoms with Gasteiger partial charge in [0, 0.05) is 38.2 Å². The molecule has 1 N–H and O–H groups in total. The molecule has 1 amide bonds. The van der Waals surface area contributed by atoms with Gasteiger partial charge in [-0.1, -0.05) is 19.1 Å². The molecule has 33 heavy (non-hydrogen) atoms. The summed E-state index contributed by atoms with van der Waals surface area (Å²) >= 11 is 0. The first-order valence-corrected chi connectivity index (χ1v) is 12.8. The van der Waals surface area contributed by atoms with E-state index in [1.807, 2.05) is 35.8 Å². The molecule has 1 fully saturated rings. The number of fused-ring (bicyclic) bond motifs is 1. The quantitative estimate of drug-likeness (QED) is 0.546. The Balaban J connectivity index is 1.51. The molecule has 0 saturated carbocycles. The predicted octanol–water partition coefficient (Wildman–Crippen LogP) is 3.21. The highest BCUT2D eigenvalue weighted by Gasteiger charge is 2.27. The number of carbonyl (C=O) groups is 1. The Morgan fingerprint density at radius 2 is 1.91 bits per heavy atom. The molecule has 0 bridgehead atoms. The van der Waals surface area contributed by atoms with E-state index in [9.17, 15) is 13.2 Å². The fourth-order valence-corrected chi connectivity index (χ4v) is 5.55. The molecule has 0 radical (unpaired) electrons. The second-order valence-corrected chi connectivity index (χ2v) is 9.98. The second kappa shape index (κ2) is 10.0. The summed E-state index contributed by atoms with van der Waals surface area (Å²) in [5.41, 5.74) is 3.45. The molecule has 1 saturated heterocycles. The maximum absolute atomic E-state index is 13.0. The Hall–Kier alpha value is -2.75. The minimum atomic E-state index is -3.59. The monoisotopic (exact) mass is 470 g/mol. The van der Waals surface area contributed by atoms with Crippen LogP contribution >= 0.6 is 0 Å². The van der Waals surface area contributed by atoms with E-state index < -0.39 is 10.0 Å². The van der Waals surface area contributed by atoms with Gasteiger partial charge in [0.1, 0.15) is 5.82 Å². The third-order valence-corrected chi connectivity index (χ3v) is 7.81. The van der Waals surface area contributed by atoms with E-state index in [4.69, 9.17) is 4.74 Å². The van der Waals surface area contributed by atoms with Crippen LogP contribution in [-0.2, 0) is 38.9 Å². The minimum Gasteiger partial charge on any atom is -0.379 e. The molecular formula is C24H30N4O4S. The van der Waals surface area contributed by atoms with Crippen LogP contribution in [0.4, 0.5) is 5.69 Å². The molecule has 1 aliphatic heterocycles. The molecule has 4 rings (SSSR count). The molecule has 2 aromatic carbocycles. The van der Waals surface area contributed by atoms with Gasteiger partial charge in [0.15, 0.2) is 0 Å². The third-order valence-electron chi connectivity index (χ3n) is 5.92. The Morgan fingerprint density at radius 1 is 1.12 bits per heavy atom. The molecular weight excluding hydrogens is 440 g/mol. The summed E-state index contributed by atoms with van der Waals surface area (Å²) in [6.45, 7) is 6.28. The topological polar surface area (TPSA) is 93.5 Å². The van der Waals surface area contributed by atoms with E-state index in [0.717, 1.165) is 23.4 Å². The number of hydrogen-bond donors (Lipinski definition) is 1. The van der Waals surface area contributed by atoms with Crippen LogP contribution in [0.2, 0.25) is 0 Å². The first-order valence-electron chi connectivity index (χ1n) is 11.4. The average Bonchev–Trinajstić information content (AvgIpc) is 3.20. The van der Waals surface area contributed by atoms with E-state index in [2.05, 4.69) is 17.2 Å². The van der Waals surface area contributed by atoms with Gasteiger partial charge in [-0.25, -0.2) is 13.4 Å². The molecule has 1 aromatic heterocycles. The Labute approximate surface area is 194 Å². The van der Waals surface area contributed by atoms with E-state index in [1.54, 1.807) is 18.2 Å². The highest BCUT2D eigenvalue weighted by molar-refractivity contribution is 7.89. The molecule has 1 aliphatic rings. The van der Waals surface area contributed by atoms with Crippen molar-refractivity contribution in [2.24, 2.45) is 0 Å². The van der Waals surface area contributed by atoms with E-state index >= 15 is 0 Å². The maximum Gasteiger partial charge on any atom is 0.243 e. The van der Waals surface area contributed by atoms with Gasteiger partial charge >= 0.3 is 0 Å². The molecule has 0 unspecified atom stereocenters. The highest BCUT2D eigenvalue weighted by Crippen LogP contribution is 2.24. The van der Waals surface area contributed by atoms with E-state index in [1.165, 1.54) is 9.87 Å². The van der Waals surface area contributed by atoms with E-state index in [0.29, 0.717) is 51.2 Å². The van der Waals surface area contributed by atoms with Gasteiger partial charge in [-0.3, -0.25) is 4.79 Å². The van der Waals surface area contributed by atoms with Crippen molar-refractivity contribution in [3.05, 3.63) is 53.9 Å². The summed E-state index contributed by atoms with van der Waals surface area (Å²) < 4.78 is 34.8. The largest absolute Gasteiger partial charge is 0.379 e. The lowest BCUT2D eigenvalue weighted by Gasteiger charge is -2.26. The molecule has 3 aromatic rings. The zero-order valence-corrected chi connectivity index (χ0v) is 19.9. The number of aryl methyl sites for hydroxylation is 3.